The van der Waals surface area contributed by atoms with Gasteiger partial charge in [0.25, 0.3) is 5.69 Å². The summed E-state index contributed by atoms with van der Waals surface area (Å²) in [4.78, 5) is 22.2. The molecule has 6 nitrogen and oxygen atoms in total. The Labute approximate surface area is 149 Å². The van der Waals surface area contributed by atoms with Gasteiger partial charge in [0.2, 0.25) is 0 Å². The number of nitro groups is 1. The maximum absolute atomic E-state index is 11.9. The van der Waals surface area contributed by atoms with Gasteiger partial charge in [0, 0.05) is 28.6 Å². The molecule has 0 aliphatic heterocycles. The first-order valence-electron chi connectivity index (χ1n) is 7.30. The van der Waals surface area contributed by atoms with Crippen molar-refractivity contribution in [3.05, 3.63) is 86.9 Å². The predicted molar refractivity (Wildman–Crippen MR) is 93.4 cm³/mol. The number of hydrogen-bond donors (Lipinski definition) is 1. The highest BCUT2D eigenvalue weighted by Gasteiger charge is 2.30. The standard InChI is InChI=1S/C18H16ClNO5/c1-11(18(22)25-2)16(12-3-7-14(19)8-4-12)17(21)13-5-9-15(10-6-13)20(23)24/h3-10,16-17,21H,1H2,2H3/t16-,17+/m0/s1. The number of carbonyl (C=O) groups excluding carboxylic acids is 1. The number of carbonyl (C=O) groups is 1. The molecule has 0 heterocycles. The monoisotopic (exact) mass is 361 g/mol. The number of methoxy groups -OCH3 is 1. The Bertz CT molecular complexity index is 786. The fraction of sp³-hybridized carbons (Fsp3) is 0.167. The molecule has 0 unspecified atom stereocenters. The number of nitro benzene ring substituents is 1. The van der Waals surface area contributed by atoms with E-state index in [9.17, 15) is 20.0 Å². The van der Waals surface area contributed by atoms with Gasteiger partial charge in [0.1, 0.15) is 0 Å². The Morgan fingerprint density at radius 2 is 1.68 bits per heavy atom. The first kappa shape index (κ1) is 18.6. The van der Waals surface area contributed by atoms with E-state index in [-0.39, 0.29) is 11.3 Å². The van der Waals surface area contributed by atoms with Crippen molar-refractivity contribution in [3.8, 4) is 0 Å². The molecule has 0 radical (unpaired) electrons. The van der Waals surface area contributed by atoms with E-state index in [2.05, 4.69) is 6.58 Å². The predicted octanol–water partition coefficient (Wildman–Crippen LogP) is 3.79. The van der Waals surface area contributed by atoms with E-state index in [1.165, 1.54) is 31.4 Å². The van der Waals surface area contributed by atoms with Crippen LogP contribution < -0.4 is 0 Å². The molecule has 0 aliphatic carbocycles. The van der Waals surface area contributed by atoms with E-state index >= 15 is 0 Å². The molecule has 0 saturated carbocycles. The third kappa shape index (κ3) is 4.23. The number of esters is 1. The summed E-state index contributed by atoms with van der Waals surface area (Å²) in [5, 5.41) is 22.0. The molecule has 2 atom stereocenters. The van der Waals surface area contributed by atoms with Gasteiger partial charge >= 0.3 is 5.97 Å². The van der Waals surface area contributed by atoms with Crippen molar-refractivity contribution in [2.24, 2.45) is 0 Å². The van der Waals surface area contributed by atoms with Gasteiger partial charge in [-0.05, 0) is 35.4 Å². The lowest BCUT2D eigenvalue weighted by atomic mass is 9.84. The van der Waals surface area contributed by atoms with Crippen molar-refractivity contribution < 1.29 is 19.6 Å². The summed E-state index contributed by atoms with van der Waals surface area (Å²) in [6.45, 7) is 3.74. The molecular weight excluding hydrogens is 346 g/mol. The zero-order valence-electron chi connectivity index (χ0n) is 13.4. The number of aliphatic hydroxyl groups excluding tert-OH is 1. The van der Waals surface area contributed by atoms with Crippen LogP contribution in [-0.2, 0) is 9.53 Å². The average molecular weight is 362 g/mol. The first-order valence-corrected chi connectivity index (χ1v) is 7.68. The Morgan fingerprint density at radius 1 is 1.16 bits per heavy atom. The second-order valence-corrected chi connectivity index (χ2v) is 5.78. The van der Waals surface area contributed by atoms with Crippen LogP contribution in [0.5, 0.6) is 0 Å². The smallest absolute Gasteiger partial charge is 0.333 e. The van der Waals surface area contributed by atoms with Crippen molar-refractivity contribution in [1.29, 1.82) is 0 Å². The van der Waals surface area contributed by atoms with Crippen LogP contribution in [-0.4, -0.2) is 23.1 Å². The number of hydrogen-bond acceptors (Lipinski definition) is 5. The molecule has 25 heavy (non-hydrogen) atoms. The Balaban J connectivity index is 2.43. The number of ether oxygens (including phenoxy) is 1. The minimum Gasteiger partial charge on any atom is -0.466 e. The zero-order valence-corrected chi connectivity index (χ0v) is 14.1. The van der Waals surface area contributed by atoms with Gasteiger partial charge in [0.05, 0.1) is 18.1 Å². The Morgan fingerprint density at radius 3 is 2.16 bits per heavy atom. The molecule has 0 amide bonds. The van der Waals surface area contributed by atoms with E-state index in [4.69, 9.17) is 16.3 Å². The minimum atomic E-state index is -1.14. The molecule has 0 fully saturated rings. The number of non-ortho nitro benzene ring substituents is 1. The van der Waals surface area contributed by atoms with E-state index in [0.29, 0.717) is 16.1 Å². The van der Waals surface area contributed by atoms with Crippen LogP contribution in [0, 0.1) is 10.1 Å². The molecule has 2 aromatic rings. The van der Waals surface area contributed by atoms with Crippen LogP contribution in [0.3, 0.4) is 0 Å². The third-order valence-electron chi connectivity index (χ3n) is 3.81. The number of nitrogens with zero attached hydrogens (tertiary/aromatic N) is 1. The van der Waals surface area contributed by atoms with Crippen LogP contribution in [0.2, 0.25) is 5.02 Å². The fourth-order valence-electron chi connectivity index (χ4n) is 2.49. The quantitative estimate of drug-likeness (QED) is 0.366. The summed E-state index contributed by atoms with van der Waals surface area (Å²) >= 11 is 5.89. The number of aliphatic hydroxyl groups is 1. The summed E-state index contributed by atoms with van der Waals surface area (Å²) in [7, 11) is 1.23. The van der Waals surface area contributed by atoms with Crippen molar-refractivity contribution >= 4 is 23.3 Å². The lowest BCUT2D eigenvalue weighted by molar-refractivity contribution is -0.384. The van der Waals surface area contributed by atoms with Crippen molar-refractivity contribution in [2.45, 2.75) is 12.0 Å². The topological polar surface area (TPSA) is 89.7 Å². The van der Waals surface area contributed by atoms with Crippen molar-refractivity contribution in [1.82, 2.24) is 0 Å². The van der Waals surface area contributed by atoms with Crippen molar-refractivity contribution in [2.75, 3.05) is 7.11 Å². The second kappa shape index (κ2) is 7.92. The molecule has 7 heteroatoms. The fourth-order valence-corrected chi connectivity index (χ4v) is 2.61. The molecular formula is C18H16ClNO5. The largest absolute Gasteiger partial charge is 0.466 e. The Hall–Kier alpha value is -2.70. The van der Waals surface area contributed by atoms with Crippen LogP contribution in [0.15, 0.2) is 60.7 Å². The normalized spacial score (nSPS) is 12.9. The summed E-state index contributed by atoms with van der Waals surface area (Å²) in [6.07, 6.45) is -1.14. The minimum absolute atomic E-state index is 0.0654. The third-order valence-corrected chi connectivity index (χ3v) is 4.07. The van der Waals surface area contributed by atoms with Gasteiger partial charge in [-0.25, -0.2) is 4.79 Å². The Kier molecular flexibility index (Phi) is 5.90. The van der Waals surface area contributed by atoms with Gasteiger partial charge in [-0.3, -0.25) is 10.1 Å². The van der Waals surface area contributed by atoms with E-state index in [0.717, 1.165) is 0 Å². The van der Waals surface area contributed by atoms with Crippen LogP contribution >= 0.6 is 11.6 Å². The SMILES string of the molecule is C=C(C(=O)OC)[C@@H](c1ccc(Cl)cc1)[C@H](O)c1ccc([N+](=O)[O-])cc1. The maximum atomic E-state index is 11.9. The molecule has 0 saturated heterocycles. The number of halogens is 1. The van der Waals surface area contributed by atoms with Crippen LogP contribution in [0.25, 0.3) is 0 Å². The van der Waals surface area contributed by atoms with E-state index < -0.39 is 22.9 Å². The van der Waals surface area contributed by atoms with Crippen LogP contribution in [0.1, 0.15) is 23.1 Å². The summed E-state index contributed by atoms with van der Waals surface area (Å²) < 4.78 is 4.71. The number of rotatable bonds is 6. The van der Waals surface area contributed by atoms with E-state index in [1.807, 2.05) is 0 Å². The van der Waals surface area contributed by atoms with Crippen molar-refractivity contribution in [3.63, 3.8) is 0 Å². The highest BCUT2D eigenvalue weighted by Crippen LogP contribution is 2.37. The van der Waals surface area contributed by atoms with Gasteiger partial charge < -0.3 is 9.84 Å². The zero-order chi connectivity index (χ0) is 18.6. The summed E-state index contributed by atoms with van der Waals surface area (Å²) in [5.74, 6) is -1.44. The van der Waals surface area contributed by atoms with Gasteiger partial charge in [-0.2, -0.15) is 0 Å². The van der Waals surface area contributed by atoms with E-state index in [1.54, 1.807) is 24.3 Å². The molecule has 130 valence electrons. The lowest BCUT2D eigenvalue weighted by Crippen LogP contribution is -2.19. The molecule has 0 aliphatic rings. The van der Waals surface area contributed by atoms with Gasteiger partial charge in [0.15, 0.2) is 0 Å². The van der Waals surface area contributed by atoms with Gasteiger partial charge in [-0.15, -0.1) is 0 Å². The molecule has 1 N–H and O–H groups in total. The first-order chi connectivity index (χ1) is 11.8. The molecule has 0 aromatic heterocycles. The summed E-state index contributed by atoms with van der Waals surface area (Å²) in [5.41, 5.74) is 1.00. The van der Waals surface area contributed by atoms with Gasteiger partial charge in [-0.1, -0.05) is 30.3 Å². The highest BCUT2D eigenvalue weighted by atomic mass is 35.5. The number of benzene rings is 2. The molecule has 0 bridgehead atoms. The molecule has 2 rings (SSSR count). The second-order valence-electron chi connectivity index (χ2n) is 5.34. The average Bonchev–Trinajstić information content (AvgIpc) is 2.62. The summed E-state index contributed by atoms with van der Waals surface area (Å²) in [6, 6.07) is 12.1. The highest BCUT2D eigenvalue weighted by molar-refractivity contribution is 6.30. The van der Waals surface area contributed by atoms with Crippen LogP contribution in [0.4, 0.5) is 5.69 Å². The molecule has 2 aromatic carbocycles. The maximum Gasteiger partial charge on any atom is 0.333 e. The molecule has 0 spiro atoms. The lowest BCUT2D eigenvalue weighted by Gasteiger charge is -2.24.